The molecule has 1 aliphatic rings. The minimum absolute atomic E-state index is 0.222. The molecule has 21 heavy (non-hydrogen) atoms. The Morgan fingerprint density at radius 3 is 2.76 bits per heavy atom. The first-order chi connectivity index (χ1) is 10.2. The van der Waals surface area contributed by atoms with Crippen LogP contribution in [0.25, 0.3) is 0 Å². The number of benzene rings is 1. The van der Waals surface area contributed by atoms with E-state index >= 15 is 0 Å². The van der Waals surface area contributed by atoms with Crippen molar-refractivity contribution in [1.29, 1.82) is 5.26 Å². The molecule has 0 aromatic heterocycles. The third-order valence-corrected chi connectivity index (χ3v) is 4.02. The lowest BCUT2D eigenvalue weighted by Crippen LogP contribution is -2.35. The van der Waals surface area contributed by atoms with Gasteiger partial charge in [0.15, 0.2) is 0 Å². The molecule has 0 heterocycles. The summed E-state index contributed by atoms with van der Waals surface area (Å²) in [5.41, 5.74) is 1.14. The molecule has 0 saturated heterocycles. The average Bonchev–Trinajstić information content (AvgIpc) is 2.52. The molecular formula is C17H23FN2O. The van der Waals surface area contributed by atoms with Crippen LogP contribution < -0.4 is 5.32 Å². The van der Waals surface area contributed by atoms with Crippen molar-refractivity contribution < 1.29 is 9.13 Å². The van der Waals surface area contributed by atoms with Crippen LogP contribution in [0, 0.1) is 17.1 Å². The van der Waals surface area contributed by atoms with Gasteiger partial charge in [0.1, 0.15) is 5.82 Å². The van der Waals surface area contributed by atoms with Crippen LogP contribution in [-0.2, 0) is 11.3 Å². The number of halogens is 1. The Labute approximate surface area is 126 Å². The Bertz CT molecular complexity index is 490. The van der Waals surface area contributed by atoms with E-state index in [4.69, 9.17) is 10.00 Å². The summed E-state index contributed by atoms with van der Waals surface area (Å²) < 4.78 is 19.1. The van der Waals surface area contributed by atoms with E-state index in [0.717, 1.165) is 38.6 Å². The third-order valence-electron chi connectivity index (χ3n) is 4.02. The quantitative estimate of drug-likeness (QED) is 0.871. The highest BCUT2D eigenvalue weighted by molar-refractivity contribution is 5.37. The van der Waals surface area contributed by atoms with Crippen LogP contribution in [0.15, 0.2) is 18.2 Å². The lowest BCUT2D eigenvalue weighted by Gasteiger charge is -2.29. The van der Waals surface area contributed by atoms with Gasteiger partial charge in [0, 0.05) is 6.04 Å². The molecule has 0 unspecified atom stereocenters. The molecule has 0 atom stereocenters. The molecule has 2 rings (SSSR count). The SMILES string of the molecule is CCCNC1CCC(OCc2cc(F)ccc2C#N)CC1. The predicted octanol–water partition coefficient (Wildman–Crippen LogP) is 3.52. The molecule has 3 nitrogen and oxygen atoms in total. The van der Waals surface area contributed by atoms with Crippen molar-refractivity contribution >= 4 is 0 Å². The molecular weight excluding hydrogens is 267 g/mol. The number of ether oxygens (including phenoxy) is 1. The fraction of sp³-hybridized carbons (Fsp3) is 0.588. The van der Waals surface area contributed by atoms with Crippen molar-refractivity contribution in [3.8, 4) is 6.07 Å². The first-order valence-electron chi connectivity index (χ1n) is 7.76. The van der Waals surface area contributed by atoms with Crippen LogP contribution in [0.1, 0.15) is 50.2 Å². The fourth-order valence-corrected chi connectivity index (χ4v) is 2.78. The molecule has 0 aliphatic heterocycles. The van der Waals surface area contributed by atoms with Crippen LogP contribution in [0.2, 0.25) is 0 Å². The van der Waals surface area contributed by atoms with Crippen molar-refractivity contribution in [2.24, 2.45) is 0 Å². The fourth-order valence-electron chi connectivity index (χ4n) is 2.78. The Morgan fingerprint density at radius 2 is 2.10 bits per heavy atom. The second kappa shape index (κ2) is 8.11. The number of hydrogen-bond acceptors (Lipinski definition) is 3. The van der Waals surface area contributed by atoms with Gasteiger partial charge in [0.05, 0.1) is 24.3 Å². The van der Waals surface area contributed by atoms with E-state index in [0.29, 0.717) is 23.8 Å². The van der Waals surface area contributed by atoms with Gasteiger partial charge in [-0.25, -0.2) is 4.39 Å². The van der Waals surface area contributed by atoms with Gasteiger partial charge in [-0.1, -0.05) is 6.92 Å². The molecule has 1 aromatic rings. The summed E-state index contributed by atoms with van der Waals surface area (Å²) in [6, 6.07) is 6.91. The summed E-state index contributed by atoms with van der Waals surface area (Å²) in [4.78, 5) is 0. The highest BCUT2D eigenvalue weighted by Crippen LogP contribution is 2.23. The van der Waals surface area contributed by atoms with Gasteiger partial charge in [-0.3, -0.25) is 0 Å². The first kappa shape index (κ1) is 15.9. The predicted molar refractivity (Wildman–Crippen MR) is 80.2 cm³/mol. The lowest BCUT2D eigenvalue weighted by atomic mass is 9.93. The van der Waals surface area contributed by atoms with Gasteiger partial charge < -0.3 is 10.1 Å². The second-order valence-corrected chi connectivity index (χ2v) is 5.65. The summed E-state index contributed by atoms with van der Waals surface area (Å²) in [7, 11) is 0. The van der Waals surface area contributed by atoms with Gasteiger partial charge in [-0.15, -0.1) is 0 Å². The van der Waals surface area contributed by atoms with Crippen LogP contribution in [0.5, 0.6) is 0 Å². The molecule has 1 saturated carbocycles. The van der Waals surface area contributed by atoms with Crippen molar-refractivity contribution in [3.05, 3.63) is 35.1 Å². The summed E-state index contributed by atoms with van der Waals surface area (Å²) in [6.07, 6.45) is 5.68. The highest BCUT2D eigenvalue weighted by Gasteiger charge is 2.21. The standard InChI is InChI=1S/C17H23FN2O/c1-2-9-20-16-5-7-17(8-6-16)21-12-14-10-15(18)4-3-13(14)11-19/h3-4,10,16-17,20H,2,5-9,12H2,1H3. The van der Waals surface area contributed by atoms with Gasteiger partial charge >= 0.3 is 0 Å². The summed E-state index contributed by atoms with van der Waals surface area (Å²) in [5, 5.41) is 12.6. The molecule has 1 aromatic carbocycles. The van der Waals surface area contributed by atoms with Gasteiger partial charge in [-0.2, -0.15) is 5.26 Å². The topological polar surface area (TPSA) is 45.0 Å². The Hall–Kier alpha value is -1.44. The van der Waals surface area contributed by atoms with E-state index in [1.165, 1.54) is 18.2 Å². The van der Waals surface area contributed by atoms with Crippen molar-refractivity contribution in [3.63, 3.8) is 0 Å². The van der Waals surface area contributed by atoms with Gasteiger partial charge in [-0.05, 0) is 62.4 Å². The monoisotopic (exact) mass is 290 g/mol. The van der Waals surface area contributed by atoms with E-state index in [9.17, 15) is 4.39 Å². The summed E-state index contributed by atoms with van der Waals surface area (Å²) >= 11 is 0. The second-order valence-electron chi connectivity index (χ2n) is 5.65. The van der Waals surface area contributed by atoms with Crippen LogP contribution in [0.3, 0.4) is 0 Å². The molecule has 4 heteroatoms. The zero-order valence-electron chi connectivity index (χ0n) is 12.6. The Morgan fingerprint density at radius 1 is 1.33 bits per heavy atom. The maximum atomic E-state index is 13.2. The summed E-state index contributed by atoms with van der Waals surface area (Å²) in [5.74, 6) is -0.319. The number of nitriles is 1. The number of nitrogens with zero attached hydrogens (tertiary/aromatic N) is 1. The van der Waals surface area contributed by atoms with E-state index in [1.54, 1.807) is 0 Å². The Kier molecular flexibility index (Phi) is 6.16. The molecule has 114 valence electrons. The molecule has 1 fully saturated rings. The smallest absolute Gasteiger partial charge is 0.123 e. The largest absolute Gasteiger partial charge is 0.373 e. The van der Waals surface area contributed by atoms with E-state index in [-0.39, 0.29) is 11.9 Å². The zero-order valence-corrected chi connectivity index (χ0v) is 12.6. The molecule has 0 spiro atoms. The molecule has 1 aliphatic carbocycles. The summed E-state index contributed by atoms with van der Waals surface area (Å²) in [6.45, 7) is 3.57. The van der Waals surface area contributed by atoms with Crippen LogP contribution in [-0.4, -0.2) is 18.7 Å². The molecule has 0 bridgehead atoms. The first-order valence-corrected chi connectivity index (χ1v) is 7.76. The van der Waals surface area contributed by atoms with Crippen molar-refractivity contribution in [2.45, 2.75) is 57.8 Å². The van der Waals surface area contributed by atoms with Crippen molar-refractivity contribution in [1.82, 2.24) is 5.32 Å². The van der Waals surface area contributed by atoms with Crippen LogP contribution in [0.4, 0.5) is 4.39 Å². The maximum absolute atomic E-state index is 13.2. The highest BCUT2D eigenvalue weighted by atomic mass is 19.1. The minimum atomic E-state index is -0.319. The van der Waals surface area contributed by atoms with Gasteiger partial charge in [0.2, 0.25) is 0 Å². The normalized spacial score (nSPS) is 22.0. The van der Waals surface area contributed by atoms with E-state index in [1.807, 2.05) is 0 Å². The number of nitrogens with one attached hydrogen (secondary N) is 1. The Balaban J connectivity index is 1.80. The lowest BCUT2D eigenvalue weighted by molar-refractivity contribution is 0.0112. The average molecular weight is 290 g/mol. The maximum Gasteiger partial charge on any atom is 0.123 e. The molecule has 0 radical (unpaired) electrons. The van der Waals surface area contributed by atoms with E-state index in [2.05, 4.69) is 18.3 Å². The number of hydrogen-bond donors (Lipinski definition) is 1. The zero-order chi connectivity index (χ0) is 15.1. The van der Waals surface area contributed by atoms with Crippen LogP contribution >= 0.6 is 0 Å². The molecule has 0 amide bonds. The third kappa shape index (κ3) is 4.80. The number of rotatable bonds is 6. The minimum Gasteiger partial charge on any atom is -0.373 e. The van der Waals surface area contributed by atoms with Crippen molar-refractivity contribution in [2.75, 3.05) is 6.54 Å². The molecule has 1 N–H and O–H groups in total. The van der Waals surface area contributed by atoms with Gasteiger partial charge in [0.25, 0.3) is 0 Å². The van der Waals surface area contributed by atoms with E-state index < -0.39 is 0 Å².